The molecule has 1 aliphatic carbocycles. The van der Waals surface area contributed by atoms with Crippen LogP contribution in [-0.4, -0.2) is 26.8 Å². The number of nitrogens with zero attached hydrogens (tertiary/aromatic N) is 2. The minimum atomic E-state index is -0.435. The van der Waals surface area contributed by atoms with Crippen LogP contribution < -0.4 is 10.6 Å². The van der Waals surface area contributed by atoms with Gasteiger partial charge in [-0.25, -0.2) is 9.18 Å². The van der Waals surface area contributed by atoms with Crippen molar-refractivity contribution in [3.63, 3.8) is 0 Å². The van der Waals surface area contributed by atoms with Gasteiger partial charge in [0, 0.05) is 29.8 Å². The average molecular weight is 505 g/mol. The van der Waals surface area contributed by atoms with E-state index < -0.39 is 11.9 Å². The van der Waals surface area contributed by atoms with Crippen molar-refractivity contribution in [3.05, 3.63) is 100 Å². The molecule has 0 bridgehead atoms. The maximum Gasteiger partial charge on any atom is 0.342 e. The summed E-state index contributed by atoms with van der Waals surface area (Å²) in [4.78, 5) is 25.4. The molecule has 9 heteroatoms. The number of hydrogen-bond donors (Lipinski definition) is 3. The molecule has 7 nitrogen and oxygen atoms in total. The highest BCUT2D eigenvalue weighted by atomic mass is 35.5. The molecule has 3 N–H and O–H groups in total. The van der Waals surface area contributed by atoms with Crippen molar-refractivity contribution in [1.82, 2.24) is 15.1 Å². The van der Waals surface area contributed by atoms with E-state index in [9.17, 15) is 19.1 Å². The van der Waals surface area contributed by atoms with Gasteiger partial charge in [0.15, 0.2) is 0 Å². The number of aromatic hydroxyl groups is 1. The predicted molar refractivity (Wildman–Crippen MR) is 135 cm³/mol. The number of anilines is 1. The number of phenols is 1. The third-order valence-electron chi connectivity index (χ3n) is 5.91. The number of carbonyl (C=O) groups is 2. The number of amides is 2. The first-order chi connectivity index (χ1) is 17.4. The van der Waals surface area contributed by atoms with Gasteiger partial charge < -0.3 is 15.7 Å². The molecular weight excluding hydrogens is 483 g/mol. The van der Waals surface area contributed by atoms with Gasteiger partial charge in [-0.3, -0.25) is 4.79 Å². The van der Waals surface area contributed by atoms with Crippen molar-refractivity contribution in [1.29, 1.82) is 0 Å². The number of carbonyl (C=O) groups excluding carboxylic acids is 2. The van der Waals surface area contributed by atoms with Crippen molar-refractivity contribution in [2.75, 3.05) is 5.32 Å². The molecule has 5 rings (SSSR count). The quantitative estimate of drug-likeness (QED) is 0.303. The van der Waals surface area contributed by atoms with Gasteiger partial charge in [-0.05, 0) is 60.9 Å². The summed E-state index contributed by atoms with van der Waals surface area (Å²) in [7, 11) is 0. The second-order valence-electron chi connectivity index (χ2n) is 8.60. The number of halogens is 2. The Bertz CT molecular complexity index is 1470. The van der Waals surface area contributed by atoms with Crippen LogP contribution in [0.2, 0.25) is 5.02 Å². The maximum atomic E-state index is 13.4. The molecule has 1 fully saturated rings. The molecule has 0 aliphatic heterocycles. The van der Waals surface area contributed by atoms with Gasteiger partial charge in [0.25, 0.3) is 5.91 Å². The third-order valence-corrected chi connectivity index (χ3v) is 6.24. The molecule has 36 heavy (non-hydrogen) atoms. The summed E-state index contributed by atoms with van der Waals surface area (Å²) in [6.45, 7) is 0.154. The van der Waals surface area contributed by atoms with Crippen LogP contribution in [-0.2, 0) is 6.54 Å². The van der Waals surface area contributed by atoms with Gasteiger partial charge in [0.05, 0.1) is 22.0 Å². The number of aromatic nitrogens is 2. The van der Waals surface area contributed by atoms with Crippen molar-refractivity contribution in [3.8, 4) is 17.0 Å². The zero-order chi connectivity index (χ0) is 25.2. The standard InChI is InChI=1S/C27H22ClFN4O3/c28-22-7-2-1-6-20(22)26(35)31-19-10-11-21(25(34)13-19)23-14-24(17-8-9-17)33(32-23)27(36)30-15-16-4-3-5-18(29)12-16/h1-7,10-14,17,34H,8-9,15H2,(H,30,36)(H,31,35). The zero-order valence-electron chi connectivity index (χ0n) is 19.0. The lowest BCUT2D eigenvalue weighted by atomic mass is 10.1. The summed E-state index contributed by atoms with van der Waals surface area (Å²) in [5.41, 5.74) is 2.94. The lowest BCUT2D eigenvalue weighted by molar-refractivity contribution is 0.102. The zero-order valence-corrected chi connectivity index (χ0v) is 19.8. The van der Waals surface area contributed by atoms with E-state index in [1.54, 1.807) is 54.6 Å². The lowest BCUT2D eigenvalue weighted by Crippen LogP contribution is -2.30. The van der Waals surface area contributed by atoms with Crippen LogP contribution in [0.4, 0.5) is 14.9 Å². The van der Waals surface area contributed by atoms with Crippen LogP contribution in [0, 0.1) is 5.82 Å². The van der Waals surface area contributed by atoms with E-state index in [0.29, 0.717) is 33.1 Å². The SMILES string of the molecule is O=C(Nc1ccc(-c2cc(C3CC3)n(C(=O)NCc3cccc(F)c3)n2)c(O)c1)c1ccccc1Cl. The molecule has 182 valence electrons. The fraction of sp³-hybridized carbons (Fsp3) is 0.148. The topological polar surface area (TPSA) is 96.3 Å². The Labute approximate surface area is 211 Å². The van der Waals surface area contributed by atoms with Gasteiger partial charge in [-0.2, -0.15) is 9.78 Å². The van der Waals surface area contributed by atoms with E-state index in [4.69, 9.17) is 11.6 Å². The van der Waals surface area contributed by atoms with Gasteiger partial charge in [-0.15, -0.1) is 0 Å². The summed E-state index contributed by atoms with van der Waals surface area (Å²) in [6.07, 6.45) is 1.89. The molecule has 1 saturated carbocycles. The number of benzene rings is 3. The highest BCUT2D eigenvalue weighted by molar-refractivity contribution is 6.34. The molecule has 0 radical (unpaired) electrons. The first kappa shape index (κ1) is 23.6. The largest absolute Gasteiger partial charge is 0.507 e. The van der Waals surface area contributed by atoms with Gasteiger partial charge >= 0.3 is 6.03 Å². The number of phenolic OH excluding ortho intramolecular Hbond substituents is 1. The van der Waals surface area contributed by atoms with Gasteiger partial charge in [-0.1, -0.05) is 35.9 Å². The number of nitrogens with one attached hydrogen (secondary N) is 2. The molecular formula is C27H22ClFN4O3. The van der Waals surface area contributed by atoms with Crippen molar-refractivity contribution in [2.45, 2.75) is 25.3 Å². The second kappa shape index (κ2) is 9.83. The summed E-state index contributed by atoms with van der Waals surface area (Å²) in [6, 6.07) is 18.7. The molecule has 3 aromatic carbocycles. The molecule has 1 aliphatic rings. The summed E-state index contributed by atoms with van der Waals surface area (Å²) < 4.78 is 14.7. The number of rotatable bonds is 6. The van der Waals surface area contributed by atoms with Crippen LogP contribution >= 0.6 is 11.6 Å². The Hall–Kier alpha value is -4.17. The van der Waals surface area contributed by atoms with Crippen molar-refractivity contribution < 1.29 is 19.1 Å². The van der Waals surface area contributed by atoms with Crippen molar-refractivity contribution in [2.24, 2.45) is 0 Å². The number of hydrogen-bond acceptors (Lipinski definition) is 4. The Balaban J connectivity index is 1.35. The van der Waals surface area contributed by atoms with Crippen molar-refractivity contribution >= 4 is 29.2 Å². The molecule has 4 aromatic rings. The molecule has 0 spiro atoms. The van der Waals surface area contributed by atoms with Crippen LogP contribution in [0.5, 0.6) is 5.75 Å². The van der Waals surface area contributed by atoms with Crippen LogP contribution in [0.1, 0.15) is 40.4 Å². The van der Waals surface area contributed by atoms with E-state index in [1.807, 2.05) is 0 Å². The highest BCUT2D eigenvalue weighted by Crippen LogP contribution is 2.42. The van der Waals surface area contributed by atoms with Crippen LogP contribution in [0.25, 0.3) is 11.3 Å². The van der Waals surface area contributed by atoms with E-state index in [-0.39, 0.29) is 24.0 Å². The Morgan fingerprint density at radius 3 is 2.58 bits per heavy atom. The van der Waals surface area contributed by atoms with E-state index in [0.717, 1.165) is 18.5 Å². The van der Waals surface area contributed by atoms with Gasteiger partial charge in [0.1, 0.15) is 11.6 Å². The first-order valence-electron chi connectivity index (χ1n) is 11.4. The Kier molecular flexibility index (Phi) is 6.43. The molecule has 1 heterocycles. The normalized spacial score (nSPS) is 12.8. The highest BCUT2D eigenvalue weighted by Gasteiger charge is 2.30. The monoisotopic (exact) mass is 504 g/mol. The Morgan fingerprint density at radius 1 is 1.06 bits per heavy atom. The van der Waals surface area contributed by atoms with E-state index in [1.165, 1.54) is 22.9 Å². The molecule has 2 amide bonds. The van der Waals surface area contributed by atoms with Crippen LogP contribution in [0.3, 0.4) is 0 Å². The second-order valence-corrected chi connectivity index (χ2v) is 9.00. The molecule has 0 atom stereocenters. The fourth-order valence-corrected chi connectivity index (χ4v) is 4.15. The van der Waals surface area contributed by atoms with Crippen LogP contribution in [0.15, 0.2) is 72.8 Å². The maximum absolute atomic E-state index is 13.4. The molecule has 0 unspecified atom stereocenters. The molecule has 1 aromatic heterocycles. The van der Waals surface area contributed by atoms with E-state index >= 15 is 0 Å². The first-order valence-corrected chi connectivity index (χ1v) is 11.8. The fourth-order valence-electron chi connectivity index (χ4n) is 3.93. The third kappa shape index (κ3) is 5.08. The average Bonchev–Trinajstić information content (AvgIpc) is 3.61. The smallest absolute Gasteiger partial charge is 0.342 e. The predicted octanol–water partition coefficient (Wildman–Crippen LogP) is 5.94. The summed E-state index contributed by atoms with van der Waals surface area (Å²) >= 11 is 6.09. The van der Waals surface area contributed by atoms with Gasteiger partial charge in [0.2, 0.25) is 0 Å². The summed E-state index contributed by atoms with van der Waals surface area (Å²) in [5, 5.41) is 21.0. The Morgan fingerprint density at radius 2 is 1.86 bits per heavy atom. The lowest BCUT2D eigenvalue weighted by Gasteiger charge is -2.09. The summed E-state index contributed by atoms with van der Waals surface area (Å²) in [5.74, 6) is -0.659. The molecule has 0 saturated heterocycles. The minimum Gasteiger partial charge on any atom is -0.507 e. The minimum absolute atomic E-state index is 0.0980. The van der Waals surface area contributed by atoms with E-state index in [2.05, 4.69) is 15.7 Å².